The zero-order valence-electron chi connectivity index (χ0n) is 18.9. The highest BCUT2D eigenvalue weighted by Gasteiger charge is 2.55. The minimum Gasteiger partial charge on any atom is -0.486 e. The lowest BCUT2D eigenvalue weighted by atomic mass is 9.82. The maximum absolute atomic E-state index is 13.1. The van der Waals surface area contributed by atoms with Gasteiger partial charge in [0.25, 0.3) is 11.8 Å². The van der Waals surface area contributed by atoms with Crippen LogP contribution < -0.4 is 9.64 Å². The lowest BCUT2D eigenvalue weighted by Gasteiger charge is -2.44. The molecule has 2 aromatic rings. The summed E-state index contributed by atoms with van der Waals surface area (Å²) in [5, 5.41) is 9.29. The number of rotatable bonds is 3. The van der Waals surface area contributed by atoms with E-state index >= 15 is 0 Å². The van der Waals surface area contributed by atoms with E-state index in [-0.39, 0.29) is 18.2 Å². The summed E-state index contributed by atoms with van der Waals surface area (Å²) in [5.41, 5.74) is 0.472. The first kappa shape index (κ1) is 21.5. The van der Waals surface area contributed by atoms with Gasteiger partial charge in [0.15, 0.2) is 17.9 Å². The van der Waals surface area contributed by atoms with Gasteiger partial charge in [0.1, 0.15) is 17.9 Å². The van der Waals surface area contributed by atoms with Crippen molar-refractivity contribution in [3.05, 3.63) is 60.2 Å². The number of likely N-dealkylation sites (tertiary alicyclic amines) is 1. The van der Waals surface area contributed by atoms with E-state index in [9.17, 15) is 19.2 Å². The van der Waals surface area contributed by atoms with Crippen LogP contribution in [0.5, 0.6) is 5.75 Å². The first-order chi connectivity index (χ1) is 17.0. The van der Waals surface area contributed by atoms with Gasteiger partial charge in [-0.15, -0.1) is 0 Å². The molecule has 178 valence electrons. The molecule has 0 aliphatic carbocycles. The van der Waals surface area contributed by atoms with Crippen molar-refractivity contribution >= 4 is 29.2 Å². The summed E-state index contributed by atoms with van der Waals surface area (Å²) >= 11 is 0. The average molecular weight is 473 g/mol. The summed E-state index contributed by atoms with van der Waals surface area (Å²) in [7, 11) is 0. The summed E-state index contributed by atoms with van der Waals surface area (Å²) in [5.74, 6) is -0.430. The van der Waals surface area contributed by atoms with Gasteiger partial charge in [0, 0.05) is 25.9 Å². The van der Waals surface area contributed by atoms with Gasteiger partial charge in [-0.25, -0.2) is 4.90 Å². The lowest BCUT2D eigenvalue weighted by Crippen LogP contribution is -2.54. The van der Waals surface area contributed by atoms with Gasteiger partial charge in [-0.3, -0.25) is 24.2 Å². The molecule has 4 aliphatic heterocycles. The molecule has 10 nitrogen and oxygen atoms in total. The largest absolute Gasteiger partial charge is 0.486 e. The Morgan fingerprint density at radius 3 is 2.46 bits per heavy atom. The zero-order chi connectivity index (χ0) is 24.2. The zero-order valence-corrected chi connectivity index (χ0v) is 18.9. The van der Waals surface area contributed by atoms with E-state index in [2.05, 4.69) is 10.3 Å². The number of ketones is 1. The monoisotopic (exact) mass is 473 g/mol. The molecular formula is C25H23N5O5. The Morgan fingerprint density at radius 2 is 1.69 bits per heavy atom. The molecule has 3 amide bonds. The van der Waals surface area contributed by atoms with Crippen LogP contribution in [0.25, 0.3) is 0 Å². The number of para-hydroxylation sites is 2. The highest BCUT2D eigenvalue weighted by atomic mass is 16.5. The fraction of sp³-hybridized carbons (Fsp3) is 0.360. The SMILES string of the molecule is O=C1CC2(CCN(C(=O)CN3N=N[C@@H]4C(=O)N(c5ccccc5)C(=O)[C@H]43)CC2)Oc2ccccc21. The number of nitrogens with zero attached hydrogens (tertiary/aromatic N) is 5. The van der Waals surface area contributed by atoms with Crippen molar-refractivity contribution in [1.29, 1.82) is 0 Å². The van der Waals surface area contributed by atoms with Gasteiger partial charge in [-0.2, -0.15) is 5.11 Å². The van der Waals surface area contributed by atoms with Crippen molar-refractivity contribution < 1.29 is 23.9 Å². The lowest BCUT2D eigenvalue weighted by molar-refractivity contribution is -0.137. The van der Waals surface area contributed by atoms with Crippen LogP contribution in [0.3, 0.4) is 0 Å². The fourth-order valence-electron chi connectivity index (χ4n) is 5.31. The van der Waals surface area contributed by atoms with E-state index in [4.69, 9.17) is 4.74 Å². The van der Waals surface area contributed by atoms with Crippen LogP contribution in [-0.4, -0.2) is 70.7 Å². The van der Waals surface area contributed by atoms with Crippen LogP contribution in [0.1, 0.15) is 29.6 Å². The highest BCUT2D eigenvalue weighted by Crippen LogP contribution is 2.39. The van der Waals surface area contributed by atoms with Crippen LogP contribution >= 0.6 is 0 Å². The topological polar surface area (TPSA) is 112 Å². The van der Waals surface area contributed by atoms with Crippen LogP contribution in [0.2, 0.25) is 0 Å². The molecule has 2 atom stereocenters. The maximum Gasteiger partial charge on any atom is 0.263 e. The molecule has 0 radical (unpaired) electrons. The Hall–Kier alpha value is -4.08. The Bertz CT molecular complexity index is 1250. The molecule has 2 saturated heterocycles. The molecule has 2 aromatic carbocycles. The van der Waals surface area contributed by atoms with Crippen molar-refractivity contribution in [2.24, 2.45) is 10.3 Å². The number of piperidine rings is 1. The molecule has 10 heteroatoms. The quantitative estimate of drug-likeness (QED) is 0.631. The molecule has 6 rings (SSSR count). The summed E-state index contributed by atoms with van der Waals surface area (Å²) < 4.78 is 6.24. The number of hydrogen-bond acceptors (Lipinski definition) is 8. The Balaban J connectivity index is 1.11. The normalized spacial score (nSPS) is 24.6. The van der Waals surface area contributed by atoms with E-state index in [1.54, 1.807) is 47.4 Å². The minimum atomic E-state index is -0.943. The minimum absolute atomic E-state index is 0.0579. The van der Waals surface area contributed by atoms with Crippen molar-refractivity contribution in [3.8, 4) is 5.75 Å². The van der Waals surface area contributed by atoms with Gasteiger partial charge in [-0.05, 0) is 24.3 Å². The third kappa shape index (κ3) is 3.48. The summed E-state index contributed by atoms with van der Waals surface area (Å²) in [4.78, 5) is 54.4. The van der Waals surface area contributed by atoms with Gasteiger partial charge < -0.3 is 9.64 Å². The number of ether oxygens (including phenoxy) is 1. The summed E-state index contributed by atoms with van der Waals surface area (Å²) in [6.07, 6.45) is 1.36. The Labute approximate surface area is 201 Å². The molecule has 0 aromatic heterocycles. The molecule has 2 fully saturated rings. The molecule has 0 saturated carbocycles. The number of hydrogen-bond donors (Lipinski definition) is 0. The summed E-state index contributed by atoms with van der Waals surface area (Å²) in [6.45, 7) is 0.703. The second-order valence-electron chi connectivity index (χ2n) is 9.30. The van der Waals surface area contributed by atoms with Crippen molar-refractivity contribution in [2.45, 2.75) is 36.9 Å². The van der Waals surface area contributed by atoms with E-state index in [0.29, 0.717) is 49.4 Å². The first-order valence-corrected chi connectivity index (χ1v) is 11.7. The molecule has 1 spiro atoms. The second kappa shape index (κ2) is 8.00. The van der Waals surface area contributed by atoms with Crippen molar-refractivity contribution in [3.63, 3.8) is 0 Å². The van der Waals surface area contributed by atoms with Gasteiger partial charge in [0.2, 0.25) is 5.91 Å². The molecule has 0 N–H and O–H groups in total. The highest BCUT2D eigenvalue weighted by molar-refractivity contribution is 6.25. The average Bonchev–Trinajstić information content (AvgIpc) is 3.39. The number of Topliss-reactive ketones (excluding diaryl/α,β-unsaturated/α-hetero) is 1. The van der Waals surface area contributed by atoms with E-state index in [0.717, 1.165) is 4.90 Å². The van der Waals surface area contributed by atoms with E-state index in [1.807, 2.05) is 12.1 Å². The Kier molecular flexibility index (Phi) is 4.91. The van der Waals surface area contributed by atoms with Crippen molar-refractivity contribution in [2.75, 3.05) is 24.5 Å². The predicted molar refractivity (Wildman–Crippen MR) is 123 cm³/mol. The van der Waals surface area contributed by atoms with Gasteiger partial charge in [-0.1, -0.05) is 35.6 Å². The number of imide groups is 1. The smallest absolute Gasteiger partial charge is 0.263 e. The molecule has 4 aliphatic rings. The number of carbonyl (C=O) groups excluding carboxylic acids is 4. The number of amides is 3. The van der Waals surface area contributed by atoms with Gasteiger partial charge in [0.05, 0.1) is 17.7 Å². The predicted octanol–water partition coefficient (Wildman–Crippen LogP) is 2.01. The van der Waals surface area contributed by atoms with Gasteiger partial charge >= 0.3 is 0 Å². The van der Waals surface area contributed by atoms with E-state index in [1.165, 1.54) is 5.01 Å². The maximum atomic E-state index is 13.1. The van der Waals surface area contributed by atoms with Crippen molar-refractivity contribution in [1.82, 2.24) is 9.91 Å². The summed E-state index contributed by atoms with van der Waals surface area (Å²) in [6, 6.07) is 14.0. The van der Waals surface area contributed by atoms with E-state index < -0.39 is 29.5 Å². The third-order valence-corrected chi connectivity index (χ3v) is 7.19. The first-order valence-electron chi connectivity index (χ1n) is 11.7. The molecule has 0 unspecified atom stereocenters. The third-order valence-electron chi connectivity index (χ3n) is 7.19. The number of benzene rings is 2. The van der Waals surface area contributed by atoms with Crippen LogP contribution in [0, 0.1) is 0 Å². The molecule has 0 bridgehead atoms. The number of anilines is 1. The van der Waals surface area contributed by atoms with Crippen LogP contribution in [0.15, 0.2) is 64.9 Å². The number of fused-ring (bicyclic) bond motifs is 2. The molecule has 4 heterocycles. The molecule has 35 heavy (non-hydrogen) atoms. The second-order valence-corrected chi connectivity index (χ2v) is 9.30. The number of carbonyl (C=O) groups is 4. The Morgan fingerprint density at radius 1 is 0.971 bits per heavy atom. The fourth-order valence-corrected chi connectivity index (χ4v) is 5.31. The van der Waals surface area contributed by atoms with Crippen LogP contribution in [0.4, 0.5) is 5.69 Å². The standard InChI is InChI=1S/C25H23N5O5/c31-18-14-25(35-19-9-5-4-8-17(18)19)10-12-28(13-11-25)20(32)15-29-22-21(26-27-29)23(33)30(24(22)34)16-6-2-1-3-7-16/h1-9,21-22H,10-15H2/t21-,22-/m0/s1. The van der Waals surface area contributed by atoms with Crippen LogP contribution in [-0.2, 0) is 14.4 Å². The molecular weight excluding hydrogens is 450 g/mol.